The highest BCUT2D eigenvalue weighted by Crippen LogP contribution is 2.47. The number of aromatic nitrogens is 2. The van der Waals surface area contributed by atoms with Crippen LogP contribution in [0.1, 0.15) is 49.0 Å². The zero-order valence-electron chi connectivity index (χ0n) is 14.6. The molecule has 1 aliphatic heterocycles. The molecule has 0 radical (unpaired) electrons. The Balaban J connectivity index is 2.09. The lowest BCUT2D eigenvalue weighted by Gasteiger charge is -2.27. The smallest absolute Gasteiger partial charge is 0.336 e. The normalized spacial score (nSPS) is 16.8. The summed E-state index contributed by atoms with van der Waals surface area (Å²) in [4.78, 5) is 24.1. The van der Waals surface area contributed by atoms with Crippen molar-refractivity contribution < 1.29 is 19.1 Å². The Labute approximate surface area is 148 Å². The molecule has 0 saturated carbocycles. The van der Waals surface area contributed by atoms with Gasteiger partial charge in [-0.05, 0) is 38.5 Å². The molecule has 2 aromatic heterocycles. The molecule has 3 aromatic rings. The van der Waals surface area contributed by atoms with Crippen LogP contribution in [0, 0.1) is 6.92 Å². The highest BCUT2D eigenvalue weighted by Gasteiger charge is 2.36. The van der Waals surface area contributed by atoms with Crippen molar-refractivity contribution in [2.24, 2.45) is 0 Å². The number of ether oxygens (including phenoxy) is 1. The van der Waals surface area contributed by atoms with Gasteiger partial charge >= 0.3 is 11.6 Å². The molecule has 0 saturated heterocycles. The number of rotatable bonds is 2. The van der Waals surface area contributed by atoms with Gasteiger partial charge in [0.05, 0.1) is 12.0 Å². The third-order valence-corrected chi connectivity index (χ3v) is 4.69. The second kappa shape index (κ2) is 5.72. The number of phenols is 1. The average molecular weight is 354 g/mol. The second-order valence-corrected chi connectivity index (χ2v) is 6.79. The predicted octanol–water partition coefficient (Wildman–Crippen LogP) is 3.03. The first-order valence-corrected chi connectivity index (χ1v) is 8.41. The van der Waals surface area contributed by atoms with E-state index >= 15 is 0 Å². The van der Waals surface area contributed by atoms with Crippen molar-refractivity contribution >= 4 is 16.9 Å². The molecule has 7 nitrogen and oxygen atoms in total. The summed E-state index contributed by atoms with van der Waals surface area (Å²) in [6.07, 6.45) is 1.74. The second-order valence-electron chi connectivity index (χ2n) is 6.79. The van der Waals surface area contributed by atoms with Gasteiger partial charge < -0.3 is 14.3 Å². The SMILES string of the molecule is Cc1cc(=O)oc2c3c(c(O)cc12)OC(=O)CC3c1ccnn1C(C)C. The van der Waals surface area contributed by atoms with E-state index in [1.165, 1.54) is 12.1 Å². The number of phenolic OH excluding ortho intramolecular Hbond substituents is 1. The summed E-state index contributed by atoms with van der Waals surface area (Å²) < 4.78 is 12.6. The number of nitrogens with zero attached hydrogens (tertiary/aromatic N) is 2. The third-order valence-electron chi connectivity index (χ3n) is 4.69. The number of hydrogen-bond donors (Lipinski definition) is 1. The van der Waals surface area contributed by atoms with Crippen LogP contribution in [0.15, 0.2) is 33.6 Å². The highest BCUT2D eigenvalue weighted by molar-refractivity contribution is 5.92. The van der Waals surface area contributed by atoms with Crippen LogP contribution >= 0.6 is 0 Å². The van der Waals surface area contributed by atoms with Crippen molar-refractivity contribution in [3.05, 3.63) is 51.6 Å². The monoisotopic (exact) mass is 354 g/mol. The van der Waals surface area contributed by atoms with Crippen LogP contribution in [0.3, 0.4) is 0 Å². The number of benzene rings is 1. The zero-order chi connectivity index (χ0) is 18.6. The molecule has 0 spiro atoms. The van der Waals surface area contributed by atoms with Crippen molar-refractivity contribution in [2.45, 2.75) is 39.2 Å². The summed E-state index contributed by atoms with van der Waals surface area (Å²) in [7, 11) is 0. The van der Waals surface area contributed by atoms with E-state index in [0.29, 0.717) is 22.1 Å². The van der Waals surface area contributed by atoms with Gasteiger partial charge in [0.15, 0.2) is 11.5 Å². The zero-order valence-corrected chi connectivity index (χ0v) is 14.6. The van der Waals surface area contributed by atoms with E-state index in [9.17, 15) is 14.7 Å². The van der Waals surface area contributed by atoms with E-state index < -0.39 is 17.5 Å². The summed E-state index contributed by atoms with van der Waals surface area (Å²) >= 11 is 0. The molecular formula is C19H18N2O5. The van der Waals surface area contributed by atoms with Crippen molar-refractivity contribution in [1.29, 1.82) is 0 Å². The standard InChI is InChI=1S/C19H18N2O5/c1-9(2)21-13(4-5-20-21)12-8-16(24)26-19-14(22)7-11-10(3)6-15(23)25-18(11)17(12)19/h4-7,9,12,22H,8H2,1-3H3. The fourth-order valence-electron chi connectivity index (χ4n) is 3.57. The number of aryl methyl sites for hydroxylation is 1. The molecular weight excluding hydrogens is 336 g/mol. The van der Waals surface area contributed by atoms with E-state index in [1.54, 1.807) is 13.1 Å². The maximum Gasteiger partial charge on any atom is 0.336 e. The van der Waals surface area contributed by atoms with Crippen LogP contribution in [0.4, 0.5) is 0 Å². The maximum absolute atomic E-state index is 12.2. The van der Waals surface area contributed by atoms with E-state index in [2.05, 4.69) is 5.10 Å². The molecule has 1 N–H and O–H groups in total. The minimum Gasteiger partial charge on any atom is -0.504 e. The van der Waals surface area contributed by atoms with Gasteiger partial charge in [0.25, 0.3) is 0 Å². The van der Waals surface area contributed by atoms with Crippen molar-refractivity contribution in [3.8, 4) is 11.5 Å². The van der Waals surface area contributed by atoms with Crippen molar-refractivity contribution in [1.82, 2.24) is 9.78 Å². The first-order valence-electron chi connectivity index (χ1n) is 8.41. The van der Waals surface area contributed by atoms with Crippen LogP contribution in [0.25, 0.3) is 11.0 Å². The Morgan fingerprint density at radius 3 is 2.81 bits per heavy atom. The Morgan fingerprint density at radius 2 is 2.08 bits per heavy atom. The molecule has 0 aliphatic carbocycles. The Morgan fingerprint density at radius 1 is 1.31 bits per heavy atom. The molecule has 0 amide bonds. The summed E-state index contributed by atoms with van der Waals surface area (Å²) in [6.45, 7) is 5.75. The lowest BCUT2D eigenvalue weighted by molar-refractivity contribution is -0.135. The van der Waals surface area contributed by atoms with Crippen molar-refractivity contribution in [3.63, 3.8) is 0 Å². The molecule has 1 unspecified atom stereocenters. The van der Waals surface area contributed by atoms with E-state index in [4.69, 9.17) is 9.15 Å². The van der Waals surface area contributed by atoms with Gasteiger partial charge in [-0.2, -0.15) is 5.10 Å². The number of esters is 1. The fourth-order valence-corrected chi connectivity index (χ4v) is 3.57. The Bertz CT molecular complexity index is 1090. The van der Waals surface area contributed by atoms with E-state index in [1.807, 2.05) is 24.6 Å². The molecule has 26 heavy (non-hydrogen) atoms. The van der Waals surface area contributed by atoms with Crippen LogP contribution < -0.4 is 10.4 Å². The molecule has 0 fully saturated rings. The number of carbonyl (C=O) groups is 1. The molecule has 1 atom stereocenters. The minimum atomic E-state index is -0.490. The van der Waals surface area contributed by atoms with Gasteiger partial charge in [0.2, 0.25) is 0 Å². The van der Waals surface area contributed by atoms with Crippen LogP contribution in [0.5, 0.6) is 11.5 Å². The summed E-state index contributed by atoms with van der Waals surface area (Å²) in [5.41, 5.74) is 1.83. The topological polar surface area (TPSA) is 94.6 Å². The Hall–Kier alpha value is -3.09. The third kappa shape index (κ3) is 2.39. The van der Waals surface area contributed by atoms with Crippen LogP contribution in [-0.2, 0) is 4.79 Å². The van der Waals surface area contributed by atoms with Gasteiger partial charge in [-0.1, -0.05) is 0 Å². The molecule has 4 rings (SSSR count). The van der Waals surface area contributed by atoms with E-state index in [-0.39, 0.29) is 24.0 Å². The lowest BCUT2D eigenvalue weighted by Crippen LogP contribution is -2.24. The van der Waals surface area contributed by atoms with E-state index in [0.717, 1.165) is 5.69 Å². The lowest BCUT2D eigenvalue weighted by atomic mass is 9.87. The summed E-state index contributed by atoms with van der Waals surface area (Å²) in [5, 5.41) is 15.4. The van der Waals surface area contributed by atoms with Gasteiger partial charge in [0.1, 0.15) is 5.58 Å². The minimum absolute atomic E-state index is 0.0454. The number of hydrogen-bond acceptors (Lipinski definition) is 6. The van der Waals surface area contributed by atoms with Gasteiger partial charge in [-0.25, -0.2) is 4.79 Å². The summed E-state index contributed by atoms with van der Waals surface area (Å²) in [5.74, 6) is -0.999. The van der Waals surface area contributed by atoms with Gasteiger partial charge in [-0.3, -0.25) is 9.48 Å². The number of aromatic hydroxyl groups is 1. The van der Waals surface area contributed by atoms with Crippen molar-refractivity contribution in [2.75, 3.05) is 0 Å². The largest absolute Gasteiger partial charge is 0.504 e. The molecule has 0 bridgehead atoms. The van der Waals surface area contributed by atoms with Crippen LogP contribution in [-0.4, -0.2) is 20.9 Å². The number of carbonyl (C=O) groups excluding carboxylic acids is 1. The predicted molar refractivity (Wildman–Crippen MR) is 93.6 cm³/mol. The number of fused-ring (bicyclic) bond motifs is 3. The molecule has 1 aliphatic rings. The highest BCUT2D eigenvalue weighted by atomic mass is 16.5. The summed E-state index contributed by atoms with van der Waals surface area (Å²) in [6, 6.07) is 4.74. The quantitative estimate of drug-likeness (QED) is 0.432. The first-order chi connectivity index (χ1) is 12.4. The molecule has 1 aromatic carbocycles. The molecule has 134 valence electrons. The van der Waals surface area contributed by atoms with Gasteiger partial charge in [-0.15, -0.1) is 0 Å². The maximum atomic E-state index is 12.2. The average Bonchev–Trinajstić information content (AvgIpc) is 3.05. The van der Waals surface area contributed by atoms with Crippen LogP contribution in [0.2, 0.25) is 0 Å². The molecule has 7 heteroatoms. The Kier molecular flexibility index (Phi) is 3.61. The first kappa shape index (κ1) is 16.4. The molecule has 3 heterocycles. The van der Waals surface area contributed by atoms with Gasteiger partial charge in [0, 0.05) is 35.3 Å². The fraction of sp³-hybridized carbons (Fsp3) is 0.316.